The van der Waals surface area contributed by atoms with Crippen LogP contribution in [0.2, 0.25) is 0 Å². The summed E-state index contributed by atoms with van der Waals surface area (Å²) in [5, 5.41) is 3.13. The zero-order chi connectivity index (χ0) is 31.0. The van der Waals surface area contributed by atoms with Crippen molar-refractivity contribution < 1.29 is 27.5 Å². The Morgan fingerprint density at radius 2 is 1.44 bits per heavy atom. The molecule has 43 heavy (non-hydrogen) atoms. The highest BCUT2D eigenvalue weighted by Gasteiger charge is 2.34. The third kappa shape index (κ3) is 7.87. The van der Waals surface area contributed by atoms with Gasteiger partial charge >= 0.3 is 0 Å². The van der Waals surface area contributed by atoms with Crippen molar-refractivity contribution in [1.82, 2.24) is 10.2 Å². The molecule has 9 nitrogen and oxygen atoms in total. The van der Waals surface area contributed by atoms with Crippen LogP contribution in [0.4, 0.5) is 5.69 Å². The van der Waals surface area contributed by atoms with Crippen molar-refractivity contribution in [1.29, 1.82) is 0 Å². The molecule has 3 aromatic rings. The number of methoxy groups -OCH3 is 2. The number of hydrogen-bond donors (Lipinski definition) is 1. The standard InChI is InChI=1S/C33H41N3O6S/c1-5-31(33(38)34-26-8-6-7-9-26)35(22-25-12-16-28(41-3)17-13-25)32(37)23-36(27-14-10-24(2)11-15-27)43(39,40)30-20-18-29(42-4)19-21-30/h10-21,26,31H,5-9,22-23H2,1-4H3,(H,34,38)/t31-/m0/s1. The van der Waals surface area contributed by atoms with Gasteiger partial charge < -0.3 is 19.7 Å². The van der Waals surface area contributed by atoms with Crippen LogP contribution in [0.3, 0.4) is 0 Å². The Labute approximate surface area is 254 Å². The lowest BCUT2D eigenvalue weighted by atomic mass is 10.1. The maximum absolute atomic E-state index is 14.2. The number of anilines is 1. The number of carbonyl (C=O) groups is 2. The summed E-state index contributed by atoms with van der Waals surface area (Å²) in [5.41, 5.74) is 2.09. The van der Waals surface area contributed by atoms with Crippen molar-refractivity contribution >= 4 is 27.5 Å². The lowest BCUT2D eigenvalue weighted by Gasteiger charge is -2.33. The van der Waals surface area contributed by atoms with Crippen molar-refractivity contribution in [3.8, 4) is 11.5 Å². The quantitative estimate of drug-likeness (QED) is 0.291. The van der Waals surface area contributed by atoms with E-state index < -0.39 is 28.5 Å². The van der Waals surface area contributed by atoms with Crippen molar-refractivity contribution in [3.05, 3.63) is 83.9 Å². The average molecular weight is 608 g/mol. The molecule has 1 aliphatic rings. The van der Waals surface area contributed by atoms with Crippen molar-refractivity contribution in [2.24, 2.45) is 0 Å². The highest BCUT2D eigenvalue weighted by molar-refractivity contribution is 7.92. The number of sulfonamides is 1. The number of benzene rings is 3. The fraction of sp³-hybridized carbons (Fsp3) is 0.394. The zero-order valence-corrected chi connectivity index (χ0v) is 26.1. The van der Waals surface area contributed by atoms with Gasteiger partial charge in [-0.2, -0.15) is 0 Å². The number of nitrogens with zero attached hydrogens (tertiary/aromatic N) is 2. The second kappa shape index (κ2) is 14.4. The van der Waals surface area contributed by atoms with E-state index in [0.29, 0.717) is 23.6 Å². The molecule has 4 rings (SSSR count). The number of aryl methyl sites for hydroxylation is 1. The number of hydrogen-bond acceptors (Lipinski definition) is 6. The van der Waals surface area contributed by atoms with Crippen LogP contribution in [-0.2, 0) is 26.2 Å². The summed E-state index contributed by atoms with van der Waals surface area (Å²) in [4.78, 5) is 29.3. The fourth-order valence-electron chi connectivity index (χ4n) is 5.33. The number of amides is 2. The molecule has 3 aromatic carbocycles. The maximum atomic E-state index is 14.2. The van der Waals surface area contributed by atoms with Crippen LogP contribution in [0.15, 0.2) is 77.7 Å². The molecule has 1 N–H and O–H groups in total. The predicted octanol–water partition coefficient (Wildman–Crippen LogP) is 5.07. The summed E-state index contributed by atoms with van der Waals surface area (Å²) >= 11 is 0. The summed E-state index contributed by atoms with van der Waals surface area (Å²) in [6.07, 6.45) is 4.32. The van der Waals surface area contributed by atoms with Crippen LogP contribution in [0.25, 0.3) is 0 Å². The van der Waals surface area contributed by atoms with E-state index in [9.17, 15) is 18.0 Å². The average Bonchev–Trinajstić information content (AvgIpc) is 3.53. The Balaban J connectivity index is 1.70. The summed E-state index contributed by atoms with van der Waals surface area (Å²) in [5.74, 6) is 0.475. The molecule has 0 bridgehead atoms. The molecule has 0 spiro atoms. The van der Waals surface area contributed by atoms with Crippen LogP contribution in [0.5, 0.6) is 11.5 Å². The highest BCUT2D eigenvalue weighted by atomic mass is 32.2. The zero-order valence-electron chi connectivity index (χ0n) is 25.3. The fourth-order valence-corrected chi connectivity index (χ4v) is 6.74. The Hall–Kier alpha value is -4.05. The van der Waals surface area contributed by atoms with Gasteiger partial charge in [0.05, 0.1) is 24.8 Å². The topological polar surface area (TPSA) is 105 Å². The number of nitrogens with one attached hydrogen (secondary N) is 1. The minimum Gasteiger partial charge on any atom is -0.497 e. The Morgan fingerprint density at radius 1 is 0.884 bits per heavy atom. The monoisotopic (exact) mass is 607 g/mol. The van der Waals surface area contributed by atoms with E-state index in [1.165, 1.54) is 24.1 Å². The first kappa shape index (κ1) is 31.9. The van der Waals surface area contributed by atoms with Gasteiger partial charge in [-0.15, -0.1) is 0 Å². The summed E-state index contributed by atoms with van der Waals surface area (Å²) in [6, 6.07) is 19.6. The largest absolute Gasteiger partial charge is 0.497 e. The van der Waals surface area contributed by atoms with Gasteiger partial charge in [0.15, 0.2) is 0 Å². The lowest BCUT2D eigenvalue weighted by molar-refractivity contribution is -0.140. The van der Waals surface area contributed by atoms with Crippen LogP contribution >= 0.6 is 0 Å². The smallest absolute Gasteiger partial charge is 0.264 e. The van der Waals surface area contributed by atoms with Crippen LogP contribution in [0, 0.1) is 6.92 Å². The van der Waals surface area contributed by atoms with Crippen molar-refractivity contribution in [2.45, 2.75) is 69.5 Å². The SMILES string of the molecule is CC[C@@H](C(=O)NC1CCCC1)N(Cc1ccc(OC)cc1)C(=O)CN(c1ccc(C)cc1)S(=O)(=O)c1ccc(OC)cc1. The molecule has 0 aliphatic heterocycles. The first-order chi connectivity index (χ1) is 20.7. The maximum Gasteiger partial charge on any atom is 0.264 e. The number of carbonyl (C=O) groups excluding carboxylic acids is 2. The van der Waals surface area contributed by atoms with Gasteiger partial charge in [0, 0.05) is 12.6 Å². The Morgan fingerprint density at radius 3 is 1.98 bits per heavy atom. The molecule has 0 aromatic heterocycles. The Bertz CT molecular complexity index is 1470. The molecule has 1 fully saturated rings. The van der Waals surface area contributed by atoms with Gasteiger partial charge in [-0.25, -0.2) is 8.42 Å². The molecular weight excluding hydrogens is 566 g/mol. The van der Waals surface area contributed by atoms with E-state index in [1.54, 1.807) is 55.6 Å². The molecule has 1 saturated carbocycles. The van der Waals surface area contributed by atoms with Gasteiger partial charge in [-0.05, 0) is 80.3 Å². The summed E-state index contributed by atoms with van der Waals surface area (Å²) in [7, 11) is -1.08. The third-order valence-electron chi connectivity index (χ3n) is 7.85. The minimum atomic E-state index is -4.16. The van der Waals surface area contributed by atoms with Crippen LogP contribution in [0.1, 0.15) is 50.2 Å². The van der Waals surface area contributed by atoms with Crippen LogP contribution < -0.4 is 19.1 Å². The molecule has 0 unspecified atom stereocenters. The van der Waals surface area contributed by atoms with Crippen molar-refractivity contribution in [3.63, 3.8) is 0 Å². The molecule has 1 atom stereocenters. The molecule has 230 valence electrons. The van der Waals surface area contributed by atoms with E-state index in [-0.39, 0.29) is 23.4 Å². The Kier molecular flexibility index (Phi) is 10.7. The molecule has 0 saturated heterocycles. The van der Waals surface area contributed by atoms with Gasteiger partial charge in [-0.1, -0.05) is 49.6 Å². The minimum absolute atomic E-state index is 0.0226. The predicted molar refractivity (Wildman–Crippen MR) is 167 cm³/mol. The molecule has 2 amide bonds. The lowest BCUT2D eigenvalue weighted by Crippen LogP contribution is -2.53. The van der Waals surface area contributed by atoms with E-state index in [4.69, 9.17) is 9.47 Å². The molecule has 0 heterocycles. The summed E-state index contributed by atoms with van der Waals surface area (Å²) in [6.45, 7) is 3.41. The number of ether oxygens (including phenoxy) is 2. The number of rotatable bonds is 13. The third-order valence-corrected chi connectivity index (χ3v) is 9.64. The highest BCUT2D eigenvalue weighted by Crippen LogP contribution is 2.27. The van der Waals surface area contributed by atoms with Gasteiger partial charge in [-0.3, -0.25) is 13.9 Å². The molecular formula is C33H41N3O6S. The van der Waals surface area contributed by atoms with E-state index in [2.05, 4.69) is 5.32 Å². The van der Waals surface area contributed by atoms with E-state index in [0.717, 1.165) is 41.1 Å². The molecule has 0 radical (unpaired) electrons. The van der Waals surface area contributed by atoms with Gasteiger partial charge in [0.2, 0.25) is 11.8 Å². The summed E-state index contributed by atoms with van der Waals surface area (Å²) < 4.78 is 39.6. The second-order valence-electron chi connectivity index (χ2n) is 10.8. The molecule has 10 heteroatoms. The van der Waals surface area contributed by atoms with Crippen LogP contribution in [-0.4, -0.2) is 58.0 Å². The first-order valence-corrected chi connectivity index (χ1v) is 16.1. The van der Waals surface area contributed by atoms with Gasteiger partial charge in [0.1, 0.15) is 24.1 Å². The first-order valence-electron chi connectivity index (χ1n) is 14.6. The van der Waals surface area contributed by atoms with Gasteiger partial charge in [0.25, 0.3) is 10.0 Å². The van der Waals surface area contributed by atoms with E-state index in [1.807, 2.05) is 26.0 Å². The normalized spacial score (nSPS) is 14.1. The van der Waals surface area contributed by atoms with E-state index >= 15 is 0 Å². The van der Waals surface area contributed by atoms with Crippen molar-refractivity contribution in [2.75, 3.05) is 25.1 Å². The second-order valence-corrected chi connectivity index (χ2v) is 12.7. The molecule has 1 aliphatic carbocycles.